The lowest BCUT2D eigenvalue weighted by Crippen LogP contribution is -2.53. The van der Waals surface area contributed by atoms with Crippen molar-refractivity contribution < 1.29 is 18.7 Å². The molecule has 186 valence electrons. The molecule has 0 aromatic heterocycles. The number of ether oxygens (including phenoxy) is 1. The number of esters is 1. The van der Waals surface area contributed by atoms with Crippen molar-refractivity contribution in [2.45, 2.75) is 26.4 Å². The molecule has 0 bridgehead atoms. The van der Waals surface area contributed by atoms with Gasteiger partial charge < -0.3 is 10.1 Å². The lowest BCUT2D eigenvalue weighted by molar-refractivity contribution is -0.139. The highest BCUT2D eigenvalue weighted by Gasteiger charge is 2.38. The Morgan fingerprint density at radius 2 is 1.60 bits per heavy atom. The molecule has 0 unspecified atom stereocenters. The number of halogens is 1. The van der Waals surface area contributed by atoms with Crippen molar-refractivity contribution in [2.24, 2.45) is 0 Å². The van der Waals surface area contributed by atoms with E-state index in [4.69, 9.17) is 4.74 Å². The molecule has 0 saturated carbocycles. The van der Waals surface area contributed by atoms with Gasteiger partial charge in [0, 0.05) is 57.1 Å². The molecule has 2 heterocycles. The van der Waals surface area contributed by atoms with E-state index in [1.54, 1.807) is 17.9 Å². The van der Waals surface area contributed by atoms with Crippen LogP contribution >= 0.6 is 0 Å². The molecular weight excluding hydrogens is 447 g/mol. The third-order valence-corrected chi connectivity index (χ3v) is 6.57. The fourth-order valence-electron chi connectivity index (χ4n) is 4.74. The van der Waals surface area contributed by atoms with Crippen LogP contribution in [0.1, 0.15) is 31.0 Å². The van der Waals surface area contributed by atoms with Crippen LogP contribution in [0.15, 0.2) is 65.9 Å². The maximum atomic E-state index is 14.1. The van der Waals surface area contributed by atoms with Gasteiger partial charge in [-0.3, -0.25) is 14.7 Å². The van der Waals surface area contributed by atoms with E-state index >= 15 is 0 Å². The number of amides is 2. The molecule has 1 saturated heterocycles. The van der Waals surface area contributed by atoms with Crippen LogP contribution < -0.4 is 5.32 Å². The van der Waals surface area contributed by atoms with E-state index in [0.29, 0.717) is 36.5 Å². The van der Waals surface area contributed by atoms with Crippen LogP contribution in [-0.4, -0.2) is 72.6 Å². The third-order valence-electron chi connectivity index (χ3n) is 6.57. The normalized spacial score (nSPS) is 19.6. The molecule has 0 radical (unpaired) electrons. The van der Waals surface area contributed by atoms with E-state index in [1.807, 2.05) is 49.4 Å². The van der Waals surface area contributed by atoms with Crippen molar-refractivity contribution in [3.05, 3.63) is 82.8 Å². The number of hydrogen-bond acceptors (Lipinski definition) is 5. The standard InChI is InChI=1S/C27H33FN4O3/c1-3-32-23(19-31-16-14-30(15-17-31)18-21-12-8-9-13-22(21)28)24(26(33)35-4-2)25(29-27(32)34)20-10-6-5-7-11-20/h5-13,25H,3-4,14-19H2,1-2H3,(H,29,34)/t25-/m0/s1. The zero-order valence-electron chi connectivity index (χ0n) is 20.4. The predicted octanol–water partition coefficient (Wildman–Crippen LogP) is 3.55. The number of carbonyl (C=O) groups excluding carboxylic acids is 2. The van der Waals surface area contributed by atoms with Gasteiger partial charge in [0.15, 0.2) is 0 Å². The second kappa shape index (κ2) is 11.5. The minimum Gasteiger partial charge on any atom is -0.463 e. The van der Waals surface area contributed by atoms with Crippen LogP contribution in [0, 0.1) is 5.82 Å². The molecule has 1 fully saturated rings. The molecule has 2 amide bonds. The van der Waals surface area contributed by atoms with Crippen LogP contribution in [0.25, 0.3) is 0 Å². The Morgan fingerprint density at radius 1 is 0.971 bits per heavy atom. The first-order valence-corrected chi connectivity index (χ1v) is 12.2. The number of carbonyl (C=O) groups is 2. The zero-order chi connectivity index (χ0) is 24.8. The largest absolute Gasteiger partial charge is 0.463 e. The van der Waals surface area contributed by atoms with Crippen LogP contribution in [0.3, 0.4) is 0 Å². The lowest BCUT2D eigenvalue weighted by atomic mass is 9.94. The minimum absolute atomic E-state index is 0.182. The number of nitrogens with zero attached hydrogens (tertiary/aromatic N) is 3. The number of urea groups is 1. The Hall–Kier alpha value is -3.23. The molecule has 0 spiro atoms. The highest BCUT2D eigenvalue weighted by atomic mass is 19.1. The average Bonchev–Trinajstić information content (AvgIpc) is 2.87. The van der Waals surface area contributed by atoms with E-state index in [1.165, 1.54) is 6.07 Å². The molecule has 1 atom stereocenters. The molecule has 0 aliphatic carbocycles. The zero-order valence-corrected chi connectivity index (χ0v) is 20.4. The quantitative estimate of drug-likeness (QED) is 0.586. The summed E-state index contributed by atoms with van der Waals surface area (Å²) >= 11 is 0. The second-order valence-electron chi connectivity index (χ2n) is 8.76. The molecule has 4 rings (SSSR count). The Morgan fingerprint density at radius 3 is 2.23 bits per heavy atom. The van der Waals surface area contributed by atoms with Gasteiger partial charge in [0.05, 0.1) is 18.2 Å². The fraction of sp³-hybridized carbons (Fsp3) is 0.407. The molecule has 2 aliphatic rings. The van der Waals surface area contributed by atoms with Crippen molar-refractivity contribution in [3.63, 3.8) is 0 Å². The van der Waals surface area contributed by atoms with Crippen LogP contribution in [0.5, 0.6) is 0 Å². The van der Waals surface area contributed by atoms with E-state index in [2.05, 4.69) is 15.1 Å². The van der Waals surface area contributed by atoms with Gasteiger partial charge in [-0.15, -0.1) is 0 Å². The van der Waals surface area contributed by atoms with Gasteiger partial charge >= 0.3 is 12.0 Å². The molecule has 2 aliphatic heterocycles. The van der Waals surface area contributed by atoms with Gasteiger partial charge in [-0.2, -0.15) is 0 Å². The number of benzene rings is 2. The highest BCUT2D eigenvalue weighted by Crippen LogP contribution is 2.32. The molecule has 7 nitrogen and oxygen atoms in total. The Bertz CT molecular complexity index is 1070. The summed E-state index contributed by atoms with van der Waals surface area (Å²) in [6.45, 7) is 8.47. The number of piperazine rings is 1. The van der Waals surface area contributed by atoms with Crippen molar-refractivity contribution >= 4 is 12.0 Å². The molecule has 8 heteroatoms. The Kier molecular flexibility index (Phi) is 8.15. The van der Waals surface area contributed by atoms with Crippen LogP contribution in [0.2, 0.25) is 0 Å². The second-order valence-corrected chi connectivity index (χ2v) is 8.76. The van der Waals surface area contributed by atoms with Crippen molar-refractivity contribution in [2.75, 3.05) is 45.9 Å². The molecule has 2 aromatic rings. The molecule has 2 aromatic carbocycles. The van der Waals surface area contributed by atoms with Crippen LogP contribution in [-0.2, 0) is 16.1 Å². The maximum Gasteiger partial charge on any atom is 0.338 e. The first-order chi connectivity index (χ1) is 17.0. The van der Waals surface area contributed by atoms with Gasteiger partial charge in [0.2, 0.25) is 0 Å². The van der Waals surface area contributed by atoms with Crippen molar-refractivity contribution in [3.8, 4) is 0 Å². The number of nitrogens with one attached hydrogen (secondary N) is 1. The summed E-state index contributed by atoms with van der Waals surface area (Å²) < 4.78 is 19.5. The molecule has 35 heavy (non-hydrogen) atoms. The Labute approximate surface area is 206 Å². The van der Waals surface area contributed by atoms with E-state index in [9.17, 15) is 14.0 Å². The Balaban J connectivity index is 1.56. The van der Waals surface area contributed by atoms with Crippen molar-refractivity contribution in [1.29, 1.82) is 0 Å². The summed E-state index contributed by atoms with van der Waals surface area (Å²) in [5.74, 6) is -0.592. The summed E-state index contributed by atoms with van der Waals surface area (Å²) in [6.07, 6.45) is 0. The first kappa shape index (κ1) is 24.9. The van der Waals surface area contributed by atoms with Crippen molar-refractivity contribution in [1.82, 2.24) is 20.0 Å². The average molecular weight is 481 g/mol. The van der Waals surface area contributed by atoms with Gasteiger partial charge in [-0.1, -0.05) is 48.5 Å². The van der Waals surface area contributed by atoms with E-state index in [-0.39, 0.29) is 18.5 Å². The summed E-state index contributed by atoms with van der Waals surface area (Å²) in [6, 6.07) is 15.6. The SMILES string of the molecule is CCOC(=O)C1=C(CN2CCN(Cc3ccccc3F)CC2)N(CC)C(=O)N[C@H]1c1ccccc1. The maximum absolute atomic E-state index is 14.1. The summed E-state index contributed by atoms with van der Waals surface area (Å²) in [5, 5.41) is 3.00. The van der Waals surface area contributed by atoms with Crippen LogP contribution in [0.4, 0.5) is 9.18 Å². The minimum atomic E-state index is -0.567. The van der Waals surface area contributed by atoms with E-state index in [0.717, 1.165) is 31.7 Å². The lowest BCUT2D eigenvalue weighted by Gasteiger charge is -2.40. The monoisotopic (exact) mass is 480 g/mol. The fourth-order valence-corrected chi connectivity index (χ4v) is 4.74. The third kappa shape index (κ3) is 5.71. The number of rotatable bonds is 8. The van der Waals surface area contributed by atoms with Gasteiger partial charge in [-0.25, -0.2) is 14.0 Å². The highest BCUT2D eigenvalue weighted by molar-refractivity contribution is 5.95. The smallest absolute Gasteiger partial charge is 0.338 e. The molecular formula is C27H33FN4O3. The first-order valence-electron chi connectivity index (χ1n) is 12.2. The number of hydrogen-bond donors (Lipinski definition) is 1. The molecule has 1 N–H and O–H groups in total. The van der Waals surface area contributed by atoms with E-state index < -0.39 is 12.0 Å². The van der Waals surface area contributed by atoms with Gasteiger partial charge in [-0.05, 0) is 25.5 Å². The summed E-state index contributed by atoms with van der Waals surface area (Å²) in [5.41, 5.74) is 2.70. The topological polar surface area (TPSA) is 65.1 Å². The summed E-state index contributed by atoms with van der Waals surface area (Å²) in [7, 11) is 0. The number of likely N-dealkylation sites (N-methyl/N-ethyl adjacent to an activating group) is 1. The summed E-state index contributed by atoms with van der Waals surface area (Å²) in [4.78, 5) is 32.3. The van der Waals surface area contributed by atoms with Gasteiger partial charge in [0.25, 0.3) is 0 Å². The predicted molar refractivity (Wildman–Crippen MR) is 132 cm³/mol. The van der Waals surface area contributed by atoms with Gasteiger partial charge in [0.1, 0.15) is 5.82 Å².